The van der Waals surface area contributed by atoms with Crippen LogP contribution in [0, 0.1) is 0 Å². The Hall–Kier alpha value is -2.32. The number of benzene rings is 1. The number of hydrogen-bond donors (Lipinski definition) is 1. The first kappa shape index (κ1) is 14.6. The highest BCUT2D eigenvalue weighted by Gasteiger charge is 2.15. The van der Waals surface area contributed by atoms with Gasteiger partial charge in [0.05, 0.1) is 22.4 Å². The Kier molecular flexibility index (Phi) is 3.86. The second-order valence-corrected chi connectivity index (χ2v) is 5.32. The number of nitrogens with zero attached hydrogens (tertiary/aromatic N) is 4. The van der Waals surface area contributed by atoms with E-state index in [1.807, 2.05) is 0 Å². The summed E-state index contributed by atoms with van der Waals surface area (Å²) in [6, 6.07) is 6.04. The van der Waals surface area contributed by atoms with Gasteiger partial charge in [-0.1, -0.05) is 11.6 Å². The maximum absolute atomic E-state index is 12.3. The molecule has 0 spiro atoms. The van der Waals surface area contributed by atoms with Crippen LogP contribution in [0.1, 0.15) is 17.4 Å². The number of rotatable bonds is 3. The number of aryl methyl sites for hydroxylation is 1. The highest BCUT2D eigenvalue weighted by molar-refractivity contribution is 7.00. The van der Waals surface area contributed by atoms with Gasteiger partial charge in [-0.25, -0.2) is 4.68 Å². The van der Waals surface area contributed by atoms with Crippen molar-refractivity contribution in [1.82, 2.24) is 18.5 Å². The third kappa shape index (κ3) is 2.58. The largest absolute Gasteiger partial charge is 0.317 e. The zero-order valence-electron chi connectivity index (χ0n) is 11.4. The Morgan fingerprint density at radius 1 is 1.32 bits per heavy atom. The third-order valence-corrected chi connectivity index (χ3v) is 3.87. The fourth-order valence-electron chi connectivity index (χ4n) is 1.92. The lowest BCUT2D eigenvalue weighted by Gasteiger charge is -2.08. The van der Waals surface area contributed by atoms with Gasteiger partial charge in [0, 0.05) is 12.6 Å². The molecule has 0 saturated carbocycles. The molecule has 1 aromatic carbocycles. The molecule has 1 N–H and O–H groups in total. The van der Waals surface area contributed by atoms with E-state index < -0.39 is 5.91 Å². The normalized spacial score (nSPS) is 10.8. The number of nitrogens with one attached hydrogen (secondary N) is 1. The molecule has 0 bridgehead atoms. The van der Waals surface area contributed by atoms with E-state index in [-0.39, 0.29) is 11.3 Å². The van der Waals surface area contributed by atoms with E-state index in [0.29, 0.717) is 28.3 Å². The third-order valence-electron chi connectivity index (χ3n) is 3.01. The molecule has 0 fully saturated rings. The van der Waals surface area contributed by atoms with Crippen LogP contribution in [-0.4, -0.2) is 24.4 Å². The van der Waals surface area contributed by atoms with Crippen molar-refractivity contribution in [1.29, 1.82) is 0 Å². The smallest absolute Gasteiger partial charge is 0.276 e. The molecule has 7 nitrogen and oxygen atoms in total. The monoisotopic (exact) mass is 335 g/mol. The van der Waals surface area contributed by atoms with Crippen molar-refractivity contribution < 1.29 is 4.79 Å². The molecule has 0 aliphatic rings. The first-order valence-corrected chi connectivity index (χ1v) is 7.51. The summed E-state index contributed by atoms with van der Waals surface area (Å²) in [6.45, 7) is 2.15. The van der Waals surface area contributed by atoms with Crippen molar-refractivity contribution in [3.05, 3.63) is 45.3 Å². The summed E-state index contributed by atoms with van der Waals surface area (Å²) in [4.78, 5) is 23.8. The van der Waals surface area contributed by atoms with E-state index in [4.69, 9.17) is 11.6 Å². The molecule has 0 unspecified atom stereocenters. The number of halogens is 1. The Labute approximate surface area is 133 Å². The Bertz CT molecular complexity index is 920. The summed E-state index contributed by atoms with van der Waals surface area (Å²) in [5.41, 5.74) is 1.42. The van der Waals surface area contributed by atoms with Crippen LogP contribution in [0.15, 0.2) is 29.1 Å². The quantitative estimate of drug-likeness (QED) is 0.792. The second-order valence-electron chi connectivity index (χ2n) is 4.38. The molecule has 9 heteroatoms. The Morgan fingerprint density at radius 2 is 2.14 bits per heavy atom. The number of aromatic nitrogens is 4. The minimum atomic E-state index is -0.468. The summed E-state index contributed by atoms with van der Waals surface area (Å²) in [7, 11) is 0. The highest BCUT2D eigenvalue weighted by Crippen LogP contribution is 2.30. The summed E-state index contributed by atoms with van der Waals surface area (Å²) in [5.74, 6) is -0.468. The average molecular weight is 336 g/mol. The fraction of sp³-hybridized carbons (Fsp3) is 0.154. The summed E-state index contributed by atoms with van der Waals surface area (Å²) < 4.78 is 9.44. The fourth-order valence-corrected chi connectivity index (χ4v) is 2.66. The van der Waals surface area contributed by atoms with Crippen LogP contribution < -0.4 is 10.9 Å². The van der Waals surface area contributed by atoms with Crippen molar-refractivity contribution in [2.24, 2.45) is 0 Å². The van der Waals surface area contributed by atoms with Crippen molar-refractivity contribution in [3.63, 3.8) is 0 Å². The van der Waals surface area contributed by atoms with Gasteiger partial charge < -0.3 is 5.32 Å². The Morgan fingerprint density at radius 3 is 2.91 bits per heavy atom. The van der Waals surface area contributed by atoms with Gasteiger partial charge in [-0.05, 0) is 25.1 Å². The van der Waals surface area contributed by atoms with Crippen LogP contribution in [0.5, 0.6) is 0 Å². The van der Waals surface area contributed by atoms with E-state index in [0.717, 1.165) is 11.7 Å². The van der Waals surface area contributed by atoms with Gasteiger partial charge in [0.15, 0.2) is 0 Å². The molecular weight excluding hydrogens is 326 g/mol. The maximum Gasteiger partial charge on any atom is 0.276 e. The molecule has 112 valence electrons. The number of fused-ring (bicyclic) bond motifs is 1. The molecule has 0 atom stereocenters. The standard InChI is InChI=1S/C13H10ClN5O2S/c1-2-19-10(20)6-5-9(16-19)13(21)15-11-7(14)3-4-8-12(11)18-22-17-8/h3-6H,2H2,1H3,(H,15,21). The van der Waals surface area contributed by atoms with Gasteiger partial charge in [-0.15, -0.1) is 0 Å². The van der Waals surface area contributed by atoms with Gasteiger partial charge in [0.1, 0.15) is 16.7 Å². The van der Waals surface area contributed by atoms with Crippen LogP contribution in [0.3, 0.4) is 0 Å². The van der Waals surface area contributed by atoms with Crippen molar-refractivity contribution >= 4 is 46.0 Å². The second kappa shape index (κ2) is 5.82. The molecule has 22 heavy (non-hydrogen) atoms. The van der Waals surface area contributed by atoms with E-state index in [1.54, 1.807) is 19.1 Å². The van der Waals surface area contributed by atoms with E-state index in [1.165, 1.54) is 16.8 Å². The maximum atomic E-state index is 12.3. The van der Waals surface area contributed by atoms with Crippen molar-refractivity contribution in [2.75, 3.05) is 5.32 Å². The lowest BCUT2D eigenvalue weighted by atomic mass is 10.2. The molecule has 0 radical (unpaired) electrons. The molecule has 1 amide bonds. The van der Waals surface area contributed by atoms with E-state index >= 15 is 0 Å². The zero-order chi connectivity index (χ0) is 15.7. The van der Waals surface area contributed by atoms with Crippen molar-refractivity contribution in [3.8, 4) is 0 Å². The first-order chi connectivity index (χ1) is 10.6. The molecule has 2 aromatic heterocycles. The molecule has 3 rings (SSSR count). The van der Waals surface area contributed by atoms with Crippen molar-refractivity contribution in [2.45, 2.75) is 13.5 Å². The van der Waals surface area contributed by atoms with Crippen LogP contribution in [0.4, 0.5) is 5.69 Å². The summed E-state index contributed by atoms with van der Waals surface area (Å²) >= 11 is 7.16. The topological polar surface area (TPSA) is 89.8 Å². The predicted molar refractivity (Wildman–Crippen MR) is 84.5 cm³/mol. The van der Waals surface area contributed by atoms with E-state index in [2.05, 4.69) is 19.2 Å². The van der Waals surface area contributed by atoms with Gasteiger partial charge >= 0.3 is 0 Å². The van der Waals surface area contributed by atoms with Crippen LogP contribution >= 0.6 is 23.3 Å². The zero-order valence-corrected chi connectivity index (χ0v) is 13.0. The SMILES string of the molecule is CCn1nc(C(=O)Nc2c(Cl)ccc3nsnc23)ccc1=O. The average Bonchev–Trinajstić information content (AvgIpc) is 2.99. The first-order valence-electron chi connectivity index (χ1n) is 6.40. The van der Waals surface area contributed by atoms with Gasteiger partial charge in [-0.3, -0.25) is 9.59 Å². The van der Waals surface area contributed by atoms with Crippen LogP contribution in [-0.2, 0) is 6.54 Å². The summed E-state index contributed by atoms with van der Waals surface area (Å²) in [5, 5.41) is 7.04. The molecule has 0 aliphatic heterocycles. The number of carbonyl (C=O) groups excluding carboxylic acids is 1. The minimum absolute atomic E-state index is 0.123. The number of amides is 1. The lowest BCUT2D eigenvalue weighted by molar-refractivity contribution is 0.102. The predicted octanol–water partition coefficient (Wildman–Crippen LogP) is 2.17. The molecule has 3 aromatic rings. The molecular formula is C13H10ClN5O2S. The van der Waals surface area contributed by atoms with Gasteiger partial charge in [0.2, 0.25) is 0 Å². The number of hydrogen-bond acceptors (Lipinski definition) is 6. The van der Waals surface area contributed by atoms with Crippen LogP contribution in [0.25, 0.3) is 11.0 Å². The van der Waals surface area contributed by atoms with Crippen LogP contribution in [0.2, 0.25) is 5.02 Å². The van der Waals surface area contributed by atoms with E-state index in [9.17, 15) is 9.59 Å². The van der Waals surface area contributed by atoms with Gasteiger partial charge in [0.25, 0.3) is 11.5 Å². The number of carbonyl (C=O) groups is 1. The minimum Gasteiger partial charge on any atom is -0.317 e. The Balaban J connectivity index is 1.98. The number of anilines is 1. The molecule has 0 saturated heterocycles. The molecule has 0 aliphatic carbocycles. The lowest BCUT2D eigenvalue weighted by Crippen LogP contribution is -2.25. The molecule has 2 heterocycles. The van der Waals surface area contributed by atoms with Gasteiger partial charge in [-0.2, -0.15) is 13.8 Å². The summed E-state index contributed by atoms with van der Waals surface area (Å²) in [6.07, 6.45) is 0. The highest BCUT2D eigenvalue weighted by atomic mass is 35.5.